The molecule has 0 radical (unpaired) electrons. The molecule has 1 aliphatic rings. The quantitative estimate of drug-likeness (QED) is 0.775. The normalized spacial score (nSPS) is 15.8. The summed E-state index contributed by atoms with van der Waals surface area (Å²) in [5, 5.41) is 3.00. The number of nitrogens with one attached hydrogen (secondary N) is 1. The van der Waals surface area contributed by atoms with Gasteiger partial charge in [-0.15, -0.1) is 11.8 Å². The van der Waals surface area contributed by atoms with E-state index >= 15 is 0 Å². The zero-order valence-corrected chi connectivity index (χ0v) is 15.0. The summed E-state index contributed by atoms with van der Waals surface area (Å²) in [4.78, 5) is 25.7. The van der Waals surface area contributed by atoms with Crippen LogP contribution in [0.5, 0.6) is 0 Å². The van der Waals surface area contributed by atoms with E-state index in [9.17, 15) is 9.59 Å². The topological polar surface area (TPSA) is 58.6 Å². The van der Waals surface area contributed by atoms with E-state index in [1.54, 1.807) is 4.90 Å². The van der Waals surface area contributed by atoms with Gasteiger partial charge in [-0.05, 0) is 25.3 Å². The number of benzene rings is 1. The second-order valence-electron chi connectivity index (χ2n) is 5.98. The molecule has 0 saturated carbocycles. The maximum absolute atomic E-state index is 12.0. The standard InChI is InChI=1S/C18H26N2O3S/c1-15(7-8-16-5-3-2-4-6-16)19-17(21)13-24-14-18(22)20-9-11-23-12-10-20/h2-6,15H,7-14H2,1H3,(H,19,21). The molecule has 1 aromatic rings. The van der Waals surface area contributed by atoms with Crippen molar-refractivity contribution in [2.45, 2.75) is 25.8 Å². The van der Waals surface area contributed by atoms with Gasteiger partial charge >= 0.3 is 0 Å². The summed E-state index contributed by atoms with van der Waals surface area (Å²) in [6.45, 7) is 4.54. The lowest BCUT2D eigenvalue weighted by molar-refractivity contribution is -0.132. The zero-order valence-electron chi connectivity index (χ0n) is 14.2. The van der Waals surface area contributed by atoms with E-state index in [2.05, 4.69) is 17.4 Å². The number of hydrogen-bond donors (Lipinski definition) is 1. The first-order valence-electron chi connectivity index (χ1n) is 8.41. The highest BCUT2D eigenvalue weighted by atomic mass is 32.2. The van der Waals surface area contributed by atoms with Gasteiger partial charge in [0.1, 0.15) is 0 Å². The van der Waals surface area contributed by atoms with Crippen LogP contribution in [0.15, 0.2) is 30.3 Å². The molecule has 1 fully saturated rings. The number of ether oxygens (including phenoxy) is 1. The second kappa shape index (κ2) is 10.4. The van der Waals surface area contributed by atoms with Crippen molar-refractivity contribution in [2.24, 2.45) is 0 Å². The first kappa shape index (κ1) is 18.8. The van der Waals surface area contributed by atoms with Crippen LogP contribution in [0.1, 0.15) is 18.9 Å². The third kappa shape index (κ3) is 6.93. The van der Waals surface area contributed by atoms with Crippen LogP contribution in [0.4, 0.5) is 0 Å². The smallest absolute Gasteiger partial charge is 0.232 e. The fourth-order valence-electron chi connectivity index (χ4n) is 2.55. The lowest BCUT2D eigenvalue weighted by Gasteiger charge is -2.26. The molecule has 0 spiro atoms. The predicted molar refractivity (Wildman–Crippen MR) is 97.1 cm³/mol. The number of hydrogen-bond acceptors (Lipinski definition) is 4. The summed E-state index contributed by atoms with van der Waals surface area (Å²) >= 11 is 1.38. The molecule has 132 valence electrons. The van der Waals surface area contributed by atoms with E-state index in [1.807, 2.05) is 25.1 Å². The largest absolute Gasteiger partial charge is 0.378 e. The van der Waals surface area contributed by atoms with E-state index in [-0.39, 0.29) is 17.9 Å². The highest BCUT2D eigenvalue weighted by Gasteiger charge is 2.17. The molecule has 1 unspecified atom stereocenters. The van der Waals surface area contributed by atoms with Crippen molar-refractivity contribution in [3.63, 3.8) is 0 Å². The van der Waals surface area contributed by atoms with Gasteiger partial charge in [-0.3, -0.25) is 9.59 Å². The molecule has 1 saturated heterocycles. The van der Waals surface area contributed by atoms with E-state index in [1.165, 1.54) is 17.3 Å². The van der Waals surface area contributed by atoms with Gasteiger partial charge in [0.25, 0.3) is 0 Å². The molecule has 5 nitrogen and oxygen atoms in total. The van der Waals surface area contributed by atoms with Gasteiger partial charge < -0.3 is 15.0 Å². The minimum atomic E-state index is -0.00432. The Labute approximate surface area is 148 Å². The first-order valence-corrected chi connectivity index (χ1v) is 9.57. The number of nitrogens with zero attached hydrogens (tertiary/aromatic N) is 1. The minimum Gasteiger partial charge on any atom is -0.378 e. The molecule has 0 aromatic heterocycles. The Morgan fingerprint density at radius 1 is 1.21 bits per heavy atom. The fraction of sp³-hybridized carbons (Fsp3) is 0.556. The summed E-state index contributed by atoms with van der Waals surface area (Å²) in [6, 6.07) is 10.4. The molecule has 1 aliphatic heterocycles. The molecule has 2 rings (SSSR count). The molecule has 6 heteroatoms. The molecule has 1 heterocycles. The predicted octanol–water partition coefficient (Wildman–Crippen LogP) is 1.72. The fourth-order valence-corrected chi connectivity index (χ4v) is 3.28. The van der Waals surface area contributed by atoms with Crippen LogP contribution in [0.3, 0.4) is 0 Å². The molecule has 24 heavy (non-hydrogen) atoms. The van der Waals surface area contributed by atoms with Crippen molar-refractivity contribution in [3.05, 3.63) is 35.9 Å². The maximum atomic E-state index is 12.0. The average molecular weight is 350 g/mol. The van der Waals surface area contributed by atoms with Gasteiger partial charge in [-0.2, -0.15) is 0 Å². The second-order valence-corrected chi connectivity index (χ2v) is 6.96. The van der Waals surface area contributed by atoms with Gasteiger partial charge in [-0.25, -0.2) is 0 Å². The molecule has 1 atom stereocenters. The van der Waals surface area contributed by atoms with Crippen LogP contribution in [-0.2, 0) is 20.7 Å². The number of aryl methyl sites for hydroxylation is 1. The highest BCUT2D eigenvalue weighted by Crippen LogP contribution is 2.07. The number of carbonyl (C=O) groups is 2. The number of amides is 2. The van der Waals surface area contributed by atoms with Gasteiger partial charge in [0.2, 0.25) is 11.8 Å². The van der Waals surface area contributed by atoms with E-state index in [0.29, 0.717) is 37.8 Å². The Morgan fingerprint density at radius 3 is 2.62 bits per heavy atom. The average Bonchev–Trinajstić information content (AvgIpc) is 2.61. The van der Waals surface area contributed by atoms with E-state index < -0.39 is 0 Å². The Hall–Kier alpha value is -1.53. The number of thioether (sulfide) groups is 1. The van der Waals surface area contributed by atoms with Gasteiger partial charge in [-0.1, -0.05) is 30.3 Å². The van der Waals surface area contributed by atoms with Crippen LogP contribution < -0.4 is 5.32 Å². The monoisotopic (exact) mass is 350 g/mol. The van der Waals surface area contributed by atoms with Gasteiger partial charge in [0.15, 0.2) is 0 Å². The first-order chi connectivity index (χ1) is 11.6. The van der Waals surface area contributed by atoms with Gasteiger partial charge in [0.05, 0.1) is 24.7 Å². The van der Waals surface area contributed by atoms with Crippen molar-refractivity contribution < 1.29 is 14.3 Å². The summed E-state index contributed by atoms with van der Waals surface area (Å²) in [6.07, 6.45) is 1.86. The number of rotatable bonds is 8. The Bertz CT molecular complexity index is 518. The summed E-state index contributed by atoms with van der Waals surface area (Å²) in [5.41, 5.74) is 1.28. The molecular formula is C18H26N2O3S. The van der Waals surface area contributed by atoms with E-state index in [0.717, 1.165) is 12.8 Å². The Balaban J connectivity index is 1.57. The third-order valence-corrected chi connectivity index (χ3v) is 4.86. The van der Waals surface area contributed by atoms with Gasteiger partial charge in [0, 0.05) is 19.1 Å². The molecule has 0 aliphatic carbocycles. The molecule has 0 bridgehead atoms. The lowest BCUT2D eigenvalue weighted by atomic mass is 10.1. The van der Waals surface area contributed by atoms with Crippen LogP contribution in [0.25, 0.3) is 0 Å². The Morgan fingerprint density at radius 2 is 1.92 bits per heavy atom. The van der Waals surface area contributed by atoms with Crippen LogP contribution in [-0.4, -0.2) is 60.6 Å². The third-order valence-electron chi connectivity index (χ3n) is 3.94. The van der Waals surface area contributed by atoms with Crippen molar-refractivity contribution in [2.75, 3.05) is 37.8 Å². The molecule has 1 N–H and O–H groups in total. The summed E-state index contributed by atoms with van der Waals surface area (Å²) in [5.74, 6) is 0.765. The van der Waals surface area contributed by atoms with Crippen molar-refractivity contribution in [1.82, 2.24) is 10.2 Å². The van der Waals surface area contributed by atoms with Crippen LogP contribution in [0.2, 0.25) is 0 Å². The van der Waals surface area contributed by atoms with Crippen LogP contribution in [0, 0.1) is 0 Å². The SMILES string of the molecule is CC(CCc1ccccc1)NC(=O)CSCC(=O)N1CCOCC1. The van der Waals surface area contributed by atoms with Crippen LogP contribution >= 0.6 is 11.8 Å². The minimum absolute atomic E-state index is 0.00432. The number of morpholine rings is 1. The highest BCUT2D eigenvalue weighted by molar-refractivity contribution is 8.00. The maximum Gasteiger partial charge on any atom is 0.232 e. The lowest BCUT2D eigenvalue weighted by Crippen LogP contribution is -2.42. The summed E-state index contributed by atoms with van der Waals surface area (Å²) in [7, 11) is 0. The van der Waals surface area contributed by atoms with Crippen molar-refractivity contribution >= 4 is 23.6 Å². The summed E-state index contributed by atoms with van der Waals surface area (Å²) < 4.78 is 5.23. The molecule has 1 aromatic carbocycles. The number of carbonyl (C=O) groups excluding carboxylic acids is 2. The van der Waals surface area contributed by atoms with E-state index in [4.69, 9.17) is 4.74 Å². The molecular weight excluding hydrogens is 324 g/mol. The van der Waals surface area contributed by atoms with Crippen molar-refractivity contribution in [1.29, 1.82) is 0 Å². The Kier molecular flexibility index (Phi) is 8.12. The zero-order chi connectivity index (χ0) is 17.2. The van der Waals surface area contributed by atoms with Crippen molar-refractivity contribution in [3.8, 4) is 0 Å². The molecule has 2 amide bonds.